The zero-order valence-corrected chi connectivity index (χ0v) is 18.7. The molecule has 8 heteroatoms. The highest BCUT2D eigenvalue weighted by Gasteiger charge is 2.27. The van der Waals surface area contributed by atoms with Crippen molar-refractivity contribution in [3.8, 4) is 5.75 Å². The molecule has 0 unspecified atom stereocenters. The predicted molar refractivity (Wildman–Crippen MR) is 124 cm³/mol. The molecule has 0 aliphatic heterocycles. The second kappa shape index (κ2) is 9.02. The van der Waals surface area contributed by atoms with Crippen LogP contribution in [0.2, 0.25) is 0 Å². The summed E-state index contributed by atoms with van der Waals surface area (Å²) in [5, 5.41) is 11.0. The summed E-state index contributed by atoms with van der Waals surface area (Å²) in [6.45, 7) is 1.97. The van der Waals surface area contributed by atoms with Gasteiger partial charge in [0.25, 0.3) is 10.0 Å². The van der Waals surface area contributed by atoms with Crippen LogP contribution in [0.25, 0.3) is 11.0 Å². The van der Waals surface area contributed by atoms with E-state index in [1.165, 1.54) is 4.31 Å². The molecule has 32 heavy (non-hydrogen) atoms. The van der Waals surface area contributed by atoms with Crippen LogP contribution in [0, 0.1) is 6.92 Å². The van der Waals surface area contributed by atoms with E-state index in [2.05, 4.69) is 4.98 Å². The Morgan fingerprint density at radius 3 is 2.34 bits per heavy atom. The van der Waals surface area contributed by atoms with Crippen LogP contribution in [-0.2, 0) is 16.6 Å². The standard InChI is InChI=1S/C24H25N3O4S/c1-18-25-23-10-6-7-11-24(23)26(18)16-20(28)17-27(19-12-14-21(31-2)15-13-19)32(29,30)22-8-4-3-5-9-22/h3-15,20,28H,16-17H2,1-2H3/t20-/m1/s1. The Kier molecular flexibility index (Phi) is 6.16. The van der Waals surface area contributed by atoms with Crippen LogP contribution >= 0.6 is 0 Å². The molecule has 1 atom stereocenters. The van der Waals surface area contributed by atoms with Crippen molar-refractivity contribution in [2.45, 2.75) is 24.5 Å². The van der Waals surface area contributed by atoms with Gasteiger partial charge in [-0.25, -0.2) is 13.4 Å². The van der Waals surface area contributed by atoms with Crippen molar-refractivity contribution in [3.05, 3.63) is 84.7 Å². The van der Waals surface area contributed by atoms with E-state index >= 15 is 0 Å². The number of nitrogens with zero attached hydrogens (tertiary/aromatic N) is 3. The number of imidazole rings is 1. The molecule has 4 rings (SSSR count). The van der Waals surface area contributed by atoms with E-state index in [9.17, 15) is 13.5 Å². The number of hydrogen-bond donors (Lipinski definition) is 1. The van der Waals surface area contributed by atoms with Crippen molar-refractivity contribution >= 4 is 26.7 Å². The van der Waals surface area contributed by atoms with E-state index < -0.39 is 16.1 Å². The first-order valence-electron chi connectivity index (χ1n) is 10.2. The molecule has 0 fully saturated rings. The van der Waals surface area contributed by atoms with Gasteiger partial charge in [0, 0.05) is 0 Å². The van der Waals surface area contributed by atoms with Gasteiger partial charge in [-0.2, -0.15) is 0 Å². The Balaban J connectivity index is 1.67. The zero-order valence-electron chi connectivity index (χ0n) is 17.9. The minimum atomic E-state index is -3.89. The molecule has 0 bridgehead atoms. The van der Waals surface area contributed by atoms with E-state index in [-0.39, 0.29) is 18.0 Å². The maximum atomic E-state index is 13.5. The summed E-state index contributed by atoms with van der Waals surface area (Å²) in [6, 6.07) is 22.6. The molecule has 1 aromatic heterocycles. The molecule has 0 aliphatic rings. The maximum Gasteiger partial charge on any atom is 0.264 e. The number of hydrogen-bond acceptors (Lipinski definition) is 5. The first-order valence-corrected chi connectivity index (χ1v) is 11.7. The number of benzene rings is 3. The fourth-order valence-electron chi connectivity index (χ4n) is 3.70. The number of aliphatic hydroxyl groups excluding tert-OH is 1. The van der Waals surface area contributed by atoms with Crippen molar-refractivity contribution in [3.63, 3.8) is 0 Å². The molecule has 0 radical (unpaired) electrons. The van der Waals surface area contributed by atoms with Crippen molar-refractivity contribution < 1.29 is 18.3 Å². The van der Waals surface area contributed by atoms with Crippen LogP contribution in [-0.4, -0.2) is 42.8 Å². The second-order valence-electron chi connectivity index (χ2n) is 7.46. The molecule has 0 saturated heterocycles. The summed E-state index contributed by atoms with van der Waals surface area (Å²) < 4.78 is 35.3. The van der Waals surface area contributed by atoms with Crippen molar-refractivity contribution in [2.24, 2.45) is 0 Å². The highest BCUT2D eigenvalue weighted by Crippen LogP contribution is 2.26. The number of aryl methyl sites for hydroxylation is 1. The molecule has 1 heterocycles. The summed E-state index contributed by atoms with van der Waals surface area (Å²) in [5.74, 6) is 1.37. The third-order valence-corrected chi connectivity index (χ3v) is 7.11. The minimum Gasteiger partial charge on any atom is -0.497 e. The molecular weight excluding hydrogens is 426 g/mol. The molecule has 166 valence electrons. The molecule has 0 spiro atoms. The van der Waals surface area contributed by atoms with Gasteiger partial charge in [-0.05, 0) is 55.5 Å². The number of anilines is 1. The summed E-state index contributed by atoms with van der Waals surface area (Å²) in [5.41, 5.74) is 2.17. The molecule has 0 saturated carbocycles. The normalized spacial score (nSPS) is 12.6. The van der Waals surface area contributed by atoms with E-state index in [1.54, 1.807) is 61.7 Å². The quantitative estimate of drug-likeness (QED) is 0.442. The molecule has 3 aromatic carbocycles. The summed E-state index contributed by atoms with van der Waals surface area (Å²) >= 11 is 0. The van der Waals surface area contributed by atoms with Crippen LogP contribution in [0.5, 0.6) is 5.75 Å². The lowest BCUT2D eigenvalue weighted by Crippen LogP contribution is -2.39. The average molecular weight is 452 g/mol. The van der Waals surface area contributed by atoms with Crippen molar-refractivity contribution in [1.82, 2.24) is 9.55 Å². The third kappa shape index (κ3) is 4.32. The van der Waals surface area contributed by atoms with Gasteiger partial charge in [-0.1, -0.05) is 30.3 Å². The van der Waals surface area contributed by atoms with Crippen LogP contribution in [0.15, 0.2) is 83.8 Å². The van der Waals surface area contributed by atoms with Crippen molar-refractivity contribution in [1.29, 1.82) is 0 Å². The number of ether oxygens (including phenoxy) is 1. The summed E-state index contributed by atoms with van der Waals surface area (Å²) in [4.78, 5) is 4.68. The van der Waals surface area contributed by atoms with Crippen LogP contribution in [0.4, 0.5) is 5.69 Å². The molecule has 0 aliphatic carbocycles. The van der Waals surface area contributed by atoms with Gasteiger partial charge >= 0.3 is 0 Å². The lowest BCUT2D eigenvalue weighted by atomic mass is 10.2. The zero-order chi connectivity index (χ0) is 22.7. The number of rotatable bonds is 8. The monoisotopic (exact) mass is 451 g/mol. The summed E-state index contributed by atoms with van der Waals surface area (Å²) in [7, 11) is -2.34. The van der Waals surface area contributed by atoms with Gasteiger partial charge in [-0.3, -0.25) is 4.31 Å². The summed E-state index contributed by atoms with van der Waals surface area (Å²) in [6.07, 6.45) is -0.966. The fraction of sp³-hybridized carbons (Fsp3) is 0.208. The Morgan fingerprint density at radius 2 is 1.66 bits per heavy atom. The Morgan fingerprint density at radius 1 is 1.00 bits per heavy atom. The fourth-order valence-corrected chi connectivity index (χ4v) is 5.22. The van der Waals surface area contributed by atoms with E-state index in [1.807, 2.05) is 35.8 Å². The van der Waals surface area contributed by atoms with E-state index in [0.29, 0.717) is 11.4 Å². The topological polar surface area (TPSA) is 84.7 Å². The minimum absolute atomic E-state index is 0.116. The first-order chi connectivity index (χ1) is 15.4. The van der Waals surface area contributed by atoms with Crippen molar-refractivity contribution in [2.75, 3.05) is 18.0 Å². The number of sulfonamides is 1. The van der Waals surface area contributed by atoms with Crippen LogP contribution < -0.4 is 9.04 Å². The Bertz CT molecular complexity index is 1300. The maximum absolute atomic E-state index is 13.5. The average Bonchev–Trinajstić information content (AvgIpc) is 3.13. The molecule has 4 aromatic rings. The largest absolute Gasteiger partial charge is 0.497 e. The molecule has 1 N–H and O–H groups in total. The number of fused-ring (bicyclic) bond motifs is 1. The van der Waals surface area contributed by atoms with E-state index in [0.717, 1.165) is 16.9 Å². The SMILES string of the molecule is COc1ccc(N(C[C@H](O)Cn2c(C)nc3ccccc32)S(=O)(=O)c2ccccc2)cc1. The molecular formula is C24H25N3O4S. The van der Waals surface area contributed by atoms with Gasteiger partial charge < -0.3 is 14.4 Å². The molecule has 7 nitrogen and oxygen atoms in total. The van der Waals surface area contributed by atoms with Gasteiger partial charge in [-0.15, -0.1) is 0 Å². The van der Waals surface area contributed by atoms with Gasteiger partial charge in [0.05, 0.1) is 47.9 Å². The number of aliphatic hydroxyl groups is 1. The Labute approximate surface area is 187 Å². The van der Waals surface area contributed by atoms with E-state index in [4.69, 9.17) is 4.74 Å². The lowest BCUT2D eigenvalue weighted by molar-refractivity contribution is 0.163. The van der Waals surface area contributed by atoms with Crippen LogP contribution in [0.1, 0.15) is 5.82 Å². The highest BCUT2D eigenvalue weighted by atomic mass is 32.2. The first kappa shape index (κ1) is 21.9. The predicted octanol–water partition coefficient (Wildman–Crippen LogP) is 3.61. The van der Waals surface area contributed by atoms with Gasteiger partial charge in [0.1, 0.15) is 11.6 Å². The van der Waals surface area contributed by atoms with Gasteiger partial charge in [0.15, 0.2) is 0 Å². The van der Waals surface area contributed by atoms with Crippen LogP contribution in [0.3, 0.4) is 0 Å². The lowest BCUT2D eigenvalue weighted by Gasteiger charge is -2.27. The van der Waals surface area contributed by atoms with Gasteiger partial charge in [0.2, 0.25) is 0 Å². The number of methoxy groups -OCH3 is 1. The third-order valence-electron chi connectivity index (χ3n) is 5.31. The Hall–Kier alpha value is -3.36. The number of para-hydroxylation sites is 2. The number of aromatic nitrogens is 2. The molecule has 0 amide bonds. The smallest absolute Gasteiger partial charge is 0.264 e. The second-order valence-corrected chi connectivity index (χ2v) is 9.32. The highest BCUT2D eigenvalue weighted by molar-refractivity contribution is 7.92.